The highest BCUT2D eigenvalue weighted by Gasteiger charge is 2.18. The lowest BCUT2D eigenvalue weighted by atomic mass is 10.1. The van der Waals surface area contributed by atoms with Crippen molar-refractivity contribution in [3.05, 3.63) is 29.6 Å². The third-order valence-electron chi connectivity index (χ3n) is 2.51. The normalized spacial score (nSPS) is 14.1. The summed E-state index contributed by atoms with van der Waals surface area (Å²) in [6, 6.07) is 2.80. The minimum absolute atomic E-state index is 0.0107. The van der Waals surface area contributed by atoms with E-state index in [-0.39, 0.29) is 11.8 Å². The first-order valence-electron chi connectivity index (χ1n) is 5.28. The van der Waals surface area contributed by atoms with Gasteiger partial charge in [-0.2, -0.15) is 0 Å². The maximum Gasteiger partial charge on any atom is 0.322 e. The number of aromatic hydroxyl groups is 1. The van der Waals surface area contributed by atoms with Crippen LogP contribution in [0.25, 0.3) is 0 Å². The van der Waals surface area contributed by atoms with E-state index in [4.69, 9.17) is 0 Å². The number of hydrogen-bond donors (Lipinski definition) is 2. The van der Waals surface area contributed by atoms with Crippen molar-refractivity contribution in [3.8, 4) is 5.75 Å². The number of phenolic OH excluding ortho intramolecular Hbond substituents is 1. The first-order chi connectivity index (χ1) is 7.95. The topological polar surface area (TPSA) is 58.6 Å². The number of rotatable bonds is 4. The number of carbonyl (C=O) groups is 1. The lowest BCUT2D eigenvalue weighted by molar-refractivity contribution is -0.142. The van der Waals surface area contributed by atoms with Gasteiger partial charge >= 0.3 is 5.97 Å². The van der Waals surface area contributed by atoms with Gasteiger partial charge in [0.2, 0.25) is 0 Å². The molecule has 2 unspecified atom stereocenters. The van der Waals surface area contributed by atoms with Gasteiger partial charge in [0.05, 0.1) is 7.11 Å². The molecule has 2 atom stereocenters. The highest BCUT2D eigenvalue weighted by molar-refractivity contribution is 5.75. The molecule has 1 aromatic carbocycles. The Morgan fingerprint density at radius 2 is 2.12 bits per heavy atom. The second kappa shape index (κ2) is 5.63. The van der Waals surface area contributed by atoms with Crippen LogP contribution in [0.4, 0.5) is 4.39 Å². The standard InChI is InChI=1S/C12H16FNO3/c1-7(14-8(2)12(16)17-3)10-6-9(13)4-5-11(10)15/h4-8,14-15H,1-3H3. The fraction of sp³-hybridized carbons (Fsp3) is 0.417. The van der Waals surface area contributed by atoms with E-state index < -0.39 is 17.8 Å². The molecule has 0 spiro atoms. The largest absolute Gasteiger partial charge is 0.508 e. The molecule has 17 heavy (non-hydrogen) atoms. The molecule has 0 saturated carbocycles. The van der Waals surface area contributed by atoms with E-state index in [0.717, 1.165) is 0 Å². The summed E-state index contributed by atoms with van der Waals surface area (Å²) >= 11 is 0. The second-order valence-electron chi connectivity index (χ2n) is 3.84. The van der Waals surface area contributed by atoms with Gasteiger partial charge in [0, 0.05) is 11.6 Å². The number of carbonyl (C=O) groups excluding carboxylic acids is 1. The molecule has 0 aromatic heterocycles. The van der Waals surface area contributed by atoms with E-state index in [1.165, 1.54) is 25.3 Å². The molecule has 94 valence electrons. The molecule has 5 heteroatoms. The van der Waals surface area contributed by atoms with Crippen molar-refractivity contribution in [2.45, 2.75) is 25.9 Å². The Bertz CT molecular complexity index is 409. The van der Waals surface area contributed by atoms with E-state index in [1.54, 1.807) is 13.8 Å². The van der Waals surface area contributed by atoms with Crippen LogP contribution in [0, 0.1) is 5.82 Å². The van der Waals surface area contributed by atoms with Crippen LogP contribution in [0.15, 0.2) is 18.2 Å². The van der Waals surface area contributed by atoms with Crippen LogP contribution in [0.5, 0.6) is 5.75 Å². The molecule has 0 aliphatic heterocycles. The van der Waals surface area contributed by atoms with Crippen molar-refractivity contribution in [2.24, 2.45) is 0 Å². The Labute approximate surface area is 99.4 Å². The Morgan fingerprint density at radius 1 is 1.47 bits per heavy atom. The monoisotopic (exact) mass is 241 g/mol. The van der Waals surface area contributed by atoms with E-state index in [2.05, 4.69) is 10.1 Å². The fourth-order valence-electron chi connectivity index (χ4n) is 1.58. The summed E-state index contributed by atoms with van der Waals surface area (Å²) in [5.41, 5.74) is 0.403. The summed E-state index contributed by atoms with van der Waals surface area (Å²) in [5, 5.41) is 12.5. The number of halogens is 1. The third-order valence-corrected chi connectivity index (χ3v) is 2.51. The van der Waals surface area contributed by atoms with Crippen LogP contribution in [-0.2, 0) is 9.53 Å². The second-order valence-corrected chi connectivity index (χ2v) is 3.84. The maximum absolute atomic E-state index is 13.0. The summed E-state index contributed by atoms with van der Waals surface area (Å²) in [6.45, 7) is 3.37. The van der Waals surface area contributed by atoms with Crippen molar-refractivity contribution in [2.75, 3.05) is 7.11 Å². The zero-order valence-corrected chi connectivity index (χ0v) is 10.0. The van der Waals surface area contributed by atoms with E-state index in [1.807, 2.05) is 0 Å². The van der Waals surface area contributed by atoms with Gasteiger partial charge in [-0.05, 0) is 32.0 Å². The number of methoxy groups -OCH3 is 1. The van der Waals surface area contributed by atoms with Crippen LogP contribution in [0.2, 0.25) is 0 Å². The smallest absolute Gasteiger partial charge is 0.322 e. The Balaban J connectivity index is 2.79. The van der Waals surface area contributed by atoms with Crippen molar-refractivity contribution in [1.82, 2.24) is 5.32 Å². The first kappa shape index (κ1) is 13.4. The molecule has 0 saturated heterocycles. The van der Waals surface area contributed by atoms with Gasteiger partial charge in [0.25, 0.3) is 0 Å². The van der Waals surface area contributed by atoms with Crippen molar-refractivity contribution in [3.63, 3.8) is 0 Å². The fourth-order valence-corrected chi connectivity index (χ4v) is 1.58. The summed E-state index contributed by atoms with van der Waals surface area (Å²) < 4.78 is 17.6. The summed E-state index contributed by atoms with van der Waals surface area (Å²) in [4.78, 5) is 11.2. The molecule has 1 rings (SSSR count). The summed E-state index contributed by atoms with van der Waals surface area (Å²) in [7, 11) is 1.30. The van der Waals surface area contributed by atoms with Gasteiger partial charge in [-0.3, -0.25) is 10.1 Å². The third kappa shape index (κ3) is 3.42. The molecule has 0 aliphatic carbocycles. The number of ether oxygens (including phenoxy) is 1. The summed E-state index contributed by atoms with van der Waals surface area (Å²) in [5.74, 6) is -0.853. The van der Waals surface area contributed by atoms with E-state index in [0.29, 0.717) is 5.56 Å². The van der Waals surface area contributed by atoms with Crippen molar-refractivity contribution < 1.29 is 19.0 Å². The molecule has 1 aromatic rings. The number of esters is 1. The average Bonchev–Trinajstić information content (AvgIpc) is 2.30. The number of benzene rings is 1. The van der Waals surface area contributed by atoms with Gasteiger partial charge in [0.15, 0.2) is 0 Å². The number of nitrogens with one attached hydrogen (secondary N) is 1. The van der Waals surface area contributed by atoms with Crippen LogP contribution in [0.1, 0.15) is 25.5 Å². The highest BCUT2D eigenvalue weighted by Crippen LogP contribution is 2.24. The lowest BCUT2D eigenvalue weighted by Gasteiger charge is -2.19. The van der Waals surface area contributed by atoms with Gasteiger partial charge < -0.3 is 9.84 Å². The molecule has 0 fully saturated rings. The maximum atomic E-state index is 13.0. The van der Waals surface area contributed by atoms with Crippen molar-refractivity contribution >= 4 is 5.97 Å². The highest BCUT2D eigenvalue weighted by atomic mass is 19.1. The van der Waals surface area contributed by atoms with Gasteiger partial charge in [-0.15, -0.1) is 0 Å². The van der Waals surface area contributed by atoms with Crippen molar-refractivity contribution in [1.29, 1.82) is 0 Å². The molecule has 0 amide bonds. The zero-order chi connectivity index (χ0) is 13.0. The average molecular weight is 241 g/mol. The first-order valence-corrected chi connectivity index (χ1v) is 5.28. The number of hydrogen-bond acceptors (Lipinski definition) is 4. The molecule has 0 radical (unpaired) electrons. The predicted molar refractivity (Wildman–Crippen MR) is 61.1 cm³/mol. The molecular weight excluding hydrogens is 225 g/mol. The molecule has 2 N–H and O–H groups in total. The van der Waals surface area contributed by atoms with Crippen LogP contribution in [-0.4, -0.2) is 24.2 Å². The predicted octanol–water partition coefficient (Wildman–Crippen LogP) is 1.74. The lowest BCUT2D eigenvalue weighted by Crippen LogP contribution is -2.36. The minimum atomic E-state index is -0.530. The van der Waals surface area contributed by atoms with E-state index in [9.17, 15) is 14.3 Å². The van der Waals surface area contributed by atoms with Gasteiger partial charge in [0.1, 0.15) is 17.6 Å². The molecule has 0 heterocycles. The molecule has 0 aliphatic rings. The molecule has 0 bridgehead atoms. The SMILES string of the molecule is COC(=O)C(C)NC(C)c1cc(F)ccc1O. The number of phenols is 1. The Morgan fingerprint density at radius 3 is 2.71 bits per heavy atom. The quantitative estimate of drug-likeness (QED) is 0.788. The Hall–Kier alpha value is -1.62. The zero-order valence-electron chi connectivity index (χ0n) is 10.0. The molecule has 4 nitrogen and oxygen atoms in total. The Kier molecular flexibility index (Phi) is 4.45. The summed E-state index contributed by atoms with van der Waals surface area (Å²) in [6.07, 6.45) is 0. The van der Waals surface area contributed by atoms with Gasteiger partial charge in [-0.1, -0.05) is 0 Å². The van der Waals surface area contributed by atoms with Crippen LogP contribution in [0.3, 0.4) is 0 Å². The molecular formula is C12H16FNO3. The minimum Gasteiger partial charge on any atom is -0.508 e. The van der Waals surface area contributed by atoms with E-state index >= 15 is 0 Å². The van der Waals surface area contributed by atoms with Crippen LogP contribution < -0.4 is 5.32 Å². The van der Waals surface area contributed by atoms with Gasteiger partial charge in [-0.25, -0.2) is 4.39 Å². The van der Waals surface area contributed by atoms with Crippen LogP contribution >= 0.6 is 0 Å².